The highest BCUT2D eigenvalue weighted by Gasteiger charge is 2.29. The number of halogens is 1. The molecular formula is C19H24BrN3O5S. The molecule has 0 fully saturated rings. The standard InChI is InChI=1S/C19H24BrN3O5S/c1-7-27-19(26)15-10(4)14(18(25)28-9(2)3)17(29-15)22-16(24)12(6)23-11(5)13(20)8-21-23/h8-9,12H,7H2,1-6H3,(H,22,24). The molecule has 2 heterocycles. The molecule has 1 amide bonds. The second-order valence-corrected chi connectivity index (χ2v) is 8.50. The van der Waals surface area contributed by atoms with Crippen molar-refractivity contribution in [3.63, 3.8) is 0 Å². The Hall–Kier alpha value is -2.20. The first-order chi connectivity index (χ1) is 13.6. The molecule has 158 valence electrons. The number of nitrogens with one attached hydrogen (secondary N) is 1. The molecule has 29 heavy (non-hydrogen) atoms. The largest absolute Gasteiger partial charge is 0.462 e. The number of rotatable bonds is 7. The van der Waals surface area contributed by atoms with E-state index in [1.54, 1.807) is 45.5 Å². The summed E-state index contributed by atoms with van der Waals surface area (Å²) in [6, 6.07) is -0.635. The van der Waals surface area contributed by atoms with Crippen LogP contribution < -0.4 is 5.32 Å². The van der Waals surface area contributed by atoms with Gasteiger partial charge in [-0.1, -0.05) is 0 Å². The number of amides is 1. The van der Waals surface area contributed by atoms with Crippen LogP contribution >= 0.6 is 27.3 Å². The molecular weight excluding hydrogens is 462 g/mol. The van der Waals surface area contributed by atoms with Gasteiger partial charge in [-0.25, -0.2) is 9.59 Å². The van der Waals surface area contributed by atoms with Crippen LogP contribution in [-0.2, 0) is 14.3 Å². The Morgan fingerprint density at radius 3 is 2.41 bits per heavy atom. The summed E-state index contributed by atoms with van der Waals surface area (Å²) < 4.78 is 12.7. The van der Waals surface area contributed by atoms with Crippen molar-refractivity contribution in [3.05, 3.63) is 32.4 Å². The van der Waals surface area contributed by atoms with Gasteiger partial charge >= 0.3 is 11.9 Å². The van der Waals surface area contributed by atoms with Crippen molar-refractivity contribution < 1.29 is 23.9 Å². The van der Waals surface area contributed by atoms with Crippen molar-refractivity contribution in [2.75, 3.05) is 11.9 Å². The third-order valence-electron chi connectivity index (χ3n) is 4.12. The van der Waals surface area contributed by atoms with Crippen molar-refractivity contribution in [1.82, 2.24) is 9.78 Å². The van der Waals surface area contributed by atoms with Crippen molar-refractivity contribution in [3.8, 4) is 0 Å². The lowest BCUT2D eigenvalue weighted by molar-refractivity contribution is -0.119. The van der Waals surface area contributed by atoms with E-state index in [1.807, 2.05) is 6.92 Å². The summed E-state index contributed by atoms with van der Waals surface area (Å²) in [7, 11) is 0. The predicted molar refractivity (Wildman–Crippen MR) is 114 cm³/mol. The Balaban J connectivity index is 2.40. The van der Waals surface area contributed by atoms with Gasteiger partial charge in [0.05, 0.1) is 34.6 Å². The highest BCUT2D eigenvalue weighted by atomic mass is 79.9. The van der Waals surface area contributed by atoms with Crippen molar-refractivity contribution in [1.29, 1.82) is 0 Å². The minimum atomic E-state index is -0.635. The van der Waals surface area contributed by atoms with Gasteiger partial charge in [-0.05, 0) is 63.0 Å². The normalized spacial score (nSPS) is 12.0. The molecule has 0 aromatic carbocycles. The molecule has 0 bridgehead atoms. The van der Waals surface area contributed by atoms with Crippen LogP contribution in [0.4, 0.5) is 5.00 Å². The van der Waals surface area contributed by atoms with E-state index >= 15 is 0 Å². The number of aromatic nitrogens is 2. The monoisotopic (exact) mass is 485 g/mol. The van der Waals surface area contributed by atoms with E-state index in [0.29, 0.717) is 5.56 Å². The Morgan fingerprint density at radius 2 is 1.90 bits per heavy atom. The zero-order valence-corrected chi connectivity index (χ0v) is 19.6. The molecule has 1 N–H and O–H groups in total. The number of anilines is 1. The Labute approximate surface area is 181 Å². The molecule has 10 heteroatoms. The highest BCUT2D eigenvalue weighted by Crippen LogP contribution is 2.35. The second kappa shape index (κ2) is 9.53. The molecule has 0 aliphatic carbocycles. The number of carbonyl (C=O) groups is 3. The minimum absolute atomic E-state index is 0.158. The number of ether oxygens (including phenoxy) is 2. The van der Waals surface area contributed by atoms with Gasteiger partial charge in [-0.2, -0.15) is 5.10 Å². The van der Waals surface area contributed by atoms with Crippen LogP contribution in [0.15, 0.2) is 10.7 Å². The van der Waals surface area contributed by atoms with Crippen molar-refractivity contribution in [2.45, 2.75) is 53.7 Å². The van der Waals surface area contributed by atoms with E-state index in [0.717, 1.165) is 21.5 Å². The maximum atomic E-state index is 12.8. The molecule has 2 rings (SSSR count). The number of hydrogen-bond acceptors (Lipinski definition) is 7. The quantitative estimate of drug-likeness (QED) is 0.587. The minimum Gasteiger partial charge on any atom is -0.462 e. The van der Waals surface area contributed by atoms with Crippen molar-refractivity contribution in [2.24, 2.45) is 0 Å². The van der Waals surface area contributed by atoms with Gasteiger partial charge < -0.3 is 14.8 Å². The number of carbonyl (C=O) groups excluding carboxylic acids is 3. The maximum absolute atomic E-state index is 12.8. The summed E-state index contributed by atoms with van der Waals surface area (Å²) in [5.41, 5.74) is 1.37. The third kappa shape index (κ3) is 5.05. The molecule has 2 aromatic rings. The molecule has 0 saturated heterocycles. The van der Waals surface area contributed by atoms with Gasteiger partial charge in [0.25, 0.3) is 0 Å². The molecule has 0 radical (unpaired) electrons. The Kier molecular flexibility index (Phi) is 7.59. The highest BCUT2D eigenvalue weighted by molar-refractivity contribution is 9.10. The summed E-state index contributed by atoms with van der Waals surface area (Å²) in [6.45, 7) is 10.5. The fourth-order valence-corrected chi connectivity index (χ4v) is 4.00. The predicted octanol–water partition coefficient (Wildman–Crippen LogP) is 4.27. The average Bonchev–Trinajstić information content (AvgIpc) is 3.13. The number of esters is 2. The number of hydrogen-bond donors (Lipinski definition) is 1. The van der Waals surface area contributed by atoms with E-state index in [-0.39, 0.29) is 34.1 Å². The molecule has 0 saturated carbocycles. The van der Waals surface area contributed by atoms with Crippen LogP contribution in [0.25, 0.3) is 0 Å². The lowest BCUT2D eigenvalue weighted by Gasteiger charge is -2.15. The molecule has 0 aliphatic rings. The number of thiophene rings is 1. The molecule has 8 nitrogen and oxygen atoms in total. The SMILES string of the molecule is CCOC(=O)c1sc(NC(=O)C(C)n2ncc(Br)c2C)c(C(=O)OC(C)C)c1C. The summed E-state index contributed by atoms with van der Waals surface area (Å²) in [5, 5.41) is 7.20. The zero-order valence-electron chi connectivity index (χ0n) is 17.2. The van der Waals surface area contributed by atoms with Crippen LogP contribution in [0.2, 0.25) is 0 Å². The topological polar surface area (TPSA) is 99.5 Å². The van der Waals surface area contributed by atoms with Crippen LogP contribution in [0.1, 0.15) is 65.0 Å². The smallest absolute Gasteiger partial charge is 0.348 e. The second-order valence-electron chi connectivity index (χ2n) is 6.62. The van der Waals surface area contributed by atoms with Crippen molar-refractivity contribution >= 4 is 50.1 Å². The van der Waals surface area contributed by atoms with Gasteiger partial charge in [-0.3, -0.25) is 9.48 Å². The van der Waals surface area contributed by atoms with Crippen LogP contribution in [0.5, 0.6) is 0 Å². The van der Waals surface area contributed by atoms with Gasteiger partial charge in [0, 0.05) is 0 Å². The van der Waals surface area contributed by atoms with Gasteiger partial charge in [0.1, 0.15) is 15.9 Å². The first-order valence-corrected chi connectivity index (χ1v) is 10.7. The molecule has 0 spiro atoms. The van der Waals surface area contributed by atoms with E-state index < -0.39 is 18.0 Å². The fraction of sp³-hybridized carbons (Fsp3) is 0.474. The van der Waals surface area contributed by atoms with E-state index in [4.69, 9.17) is 9.47 Å². The Morgan fingerprint density at radius 1 is 1.24 bits per heavy atom. The summed E-state index contributed by atoms with van der Waals surface area (Å²) in [6.07, 6.45) is 1.26. The lowest BCUT2D eigenvalue weighted by Crippen LogP contribution is -2.26. The Bertz CT molecular complexity index is 935. The molecule has 1 unspecified atom stereocenters. The lowest BCUT2D eigenvalue weighted by atomic mass is 10.1. The number of nitrogens with zero attached hydrogens (tertiary/aromatic N) is 2. The van der Waals surface area contributed by atoms with E-state index in [1.165, 1.54) is 0 Å². The van der Waals surface area contributed by atoms with Gasteiger partial charge in [0.2, 0.25) is 5.91 Å². The van der Waals surface area contributed by atoms with Gasteiger partial charge in [-0.15, -0.1) is 11.3 Å². The fourth-order valence-electron chi connectivity index (χ4n) is 2.63. The summed E-state index contributed by atoms with van der Waals surface area (Å²) in [5.74, 6) is -1.53. The van der Waals surface area contributed by atoms with E-state index in [2.05, 4.69) is 26.3 Å². The zero-order chi connectivity index (χ0) is 21.9. The average molecular weight is 486 g/mol. The first-order valence-electron chi connectivity index (χ1n) is 9.10. The molecule has 1 atom stereocenters. The van der Waals surface area contributed by atoms with Gasteiger partial charge in [0.15, 0.2) is 0 Å². The van der Waals surface area contributed by atoms with Crippen LogP contribution in [0.3, 0.4) is 0 Å². The maximum Gasteiger partial charge on any atom is 0.348 e. The summed E-state index contributed by atoms with van der Waals surface area (Å²) in [4.78, 5) is 38.0. The van der Waals surface area contributed by atoms with E-state index in [9.17, 15) is 14.4 Å². The van der Waals surface area contributed by atoms with Crippen LogP contribution in [-0.4, -0.2) is 40.3 Å². The van der Waals surface area contributed by atoms with Crippen LogP contribution in [0, 0.1) is 13.8 Å². The molecule has 2 aromatic heterocycles. The summed E-state index contributed by atoms with van der Waals surface area (Å²) >= 11 is 4.37. The first kappa shape index (κ1) is 23.1. The molecule has 0 aliphatic heterocycles. The third-order valence-corrected chi connectivity index (χ3v) is 6.09.